The Hall–Kier alpha value is -3.18. The molecule has 0 radical (unpaired) electrons. The molecule has 3 atom stereocenters. The van der Waals surface area contributed by atoms with Gasteiger partial charge in [-0.2, -0.15) is 13.2 Å². The predicted octanol–water partition coefficient (Wildman–Crippen LogP) is 5.43. The van der Waals surface area contributed by atoms with Gasteiger partial charge in [0.15, 0.2) is 12.2 Å². The summed E-state index contributed by atoms with van der Waals surface area (Å²) in [6, 6.07) is 5.94. The van der Waals surface area contributed by atoms with Crippen LogP contribution in [0.4, 0.5) is 22.8 Å². The van der Waals surface area contributed by atoms with Gasteiger partial charge in [-0.05, 0) is 65.7 Å². The van der Waals surface area contributed by atoms with Crippen LogP contribution < -0.4 is 4.74 Å². The van der Waals surface area contributed by atoms with E-state index < -0.39 is 66.7 Å². The van der Waals surface area contributed by atoms with Gasteiger partial charge in [0, 0.05) is 0 Å². The zero-order chi connectivity index (χ0) is 28.9. The Morgan fingerprint density at radius 2 is 1.50 bits per heavy atom. The average molecular weight is 548 g/mol. The van der Waals surface area contributed by atoms with E-state index in [2.05, 4.69) is 0 Å². The molecule has 38 heavy (non-hydrogen) atoms. The SMILES string of the molecule is COc1ccc(C[C@@H]2[C@H](OC(=O)CCC(F)(F)F)[C@@H](OC(=O)OC(C)(C)C)CN2C(=O)OC(C)(C)C)cc1. The fraction of sp³-hybridized carbons (Fsp3) is 0.654. The summed E-state index contributed by atoms with van der Waals surface area (Å²) in [6.07, 6.45) is -11.1. The Morgan fingerprint density at radius 3 is 2.00 bits per heavy atom. The van der Waals surface area contributed by atoms with Crippen LogP contribution in [0.1, 0.15) is 59.9 Å². The van der Waals surface area contributed by atoms with Crippen LogP contribution in [-0.4, -0.2) is 72.4 Å². The number of hydrogen-bond acceptors (Lipinski definition) is 8. The molecule has 0 N–H and O–H groups in total. The number of ether oxygens (including phenoxy) is 5. The third-order valence-corrected chi connectivity index (χ3v) is 5.27. The van der Waals surface area contributed by atoms with E-state index in [1.54, 1.807) is 65.8 Å². The lowest BCUT2D eigenvalue weighted by atomic mass is 10.0. The molecular weight excluding hydrogens is 511 g/mol. The maximum absolute atomic E-state index is 13.1. The summed E-state index contributed by atoms with van der Waals surface area (Å²) in [6.45, 7) is 9.64. The molecule has 1 amide bonds. The lowest BCUT2D eigenvalue weighted by molar-refractivity contribution is -0.166. The number of hydrogen-bond donors (Lipinski definition) is 0. The van der Waals surface area contributed by atoms with E-state index in [0.717, 1.165) is 0 Å². The van der Waals surface area contributed by atoms with E-state index in [4.69, 9.17) is 23.7 Å². The summed E-state index contributed by atoms with van der Waals surface area (Å²) in [7, 11) is 1.51. The molecule has 0 bridgehead atoms. The molecule has 2 rings (SSSR count). The second-order valence-corrected chi connectivity index (χ2v) is 10.9. The lowest BCUT2D eigenvalue weighted by Gasteiger charge is -2.30. The largest absolute Gasteiger partial charge is 0.509 e. The number of esters is 1. The van der Waals surface area contributed by atoms with Crippen molar-refractivity contribution in [3.8, 4) is 5.75 Å². The average Bonchev–Trinajstić information content (AvgIpc) is 3.06. The van der Waals surface area contributed by atoms with Crippen LogP contribution in [0.2, 0.25) is 0 Å². The first kappa shape index (κ1) is 31.0. The standard InChI is InChI=1S/C26H36F3NO8/c1-24(2,3)37-22(32)30-15-19(35-23(33)38-25(4,5)6)21(36-20(31)12-13-26(27,28)29)18(30)14-16-8-10-17(34-7)11-9-16/h8-11,18-19,21H,12-15H2,1-7H3/t18-,19+,21+/m1/s1. The van der Waals surface area contributed by atoms with Crippen molar-refractivity contribution in [2.75, 3.05) is 13.7 Å². The number of likely N-dealkylation sites (tertiary alicyclic amines) is 1. The van der Waals surface area contributed by atoms with E-state index in [1.807, 2.05) is 0 Å². The number of carbonyl (C=O) groups excluding carboxylic acids is 3. The minimum Gasteiger partial charge on any atom is -0.497 e. The van der Waals surface area contributed by atoms with Crippen molar-refractivity contribution in [3.63, 3.8) is 0 Å². The van der Waals surface area contributed by atoms with E-state index in [-0.39, 0.29) is 13.0 Å². The zero-order valence-electron chi connectivity index (χ0n) is 22.7. The molecule has 0 unspecified atom stereocenters. The molecule has 0 spiro atoms. The molecule has 1 aliphatic rings. The highest BCUT2D eigenvalue weighted by Gasteiger charge is 2.50. The maximum atomic E-state index is 13.1. The molecule has 0 aliphatic carbocycles. The van der Waals surface area contributed by atoms with Gasteiger partial charge < -0.3 is 23.7 Å². The predicted molar refractivity (Wildman–Crippen MR) is 130 cm³/mol. The third kappa shape index (κ3) is 10.3. The van der Waals surface area contributed by atoms with Crippen LogP contribution in [0.3, 0.4) is 0 Å². The number of halogens is 3. The monoisotopic (exact) mass is 547 g/mol. The maximum Gasteiger partial charge on any atom is 0.509 e. The number of methoxy groups -OCH3 is 1. The van der Waals surface area contributed by atoms with Crippen LogP contribution >= 0.6 is 0 Å². The van der Waals surface area contributed by atoms with Crippen LogP contribution in [0, 0.1) is 0 Å². The molecule has 9 nitrogen and oxygen atoms in total. The normalized spacial score (nSPS) is 20.1. The fourth-order valence-corrected chi connectivity index (χ4v) is 3.73. The number of alkyl halides is 3. The summed E-state index contributed by atoms with van der Waals surface area (Å²) < 4.78 is 64.9. The van der Waals surface area contributed by atoms with E-state index in [1.165, 1.54) is 12.0 Å². The third-order valence-electron chi connectivity index (χ3n) is 5.27. The van der Waals surface area contributed by atoms with Gasteiger partial charge in [0.1, 0.15) is 17.0 Å². The molecule has 12 heteroatoms. The summed E-state index contributed by atoms with van der Waals surface area (Å²) in [4.78, 5) is 39.3. The number of carbonyl (C=O) groups is 3. The Labute approximate surface area is 220 Å². The van der Waals surface area contributed by atoms with Gasteiger partial charge in [-0.1, -0.05) is 12.1 Å². The minimum absolute atomic E-state index is 0.120. The minimum atomic E-state index is -4.56. The lowest BCUT2D eigenvalue weighted by Crippen LogP contribution is -2.45. The first-order valence-corrected chi connectivity index (χ1v) is 12.2. The number of benzene rings is 1. The highest BCUT2D eigenvalue weighted by Crippen LogP contribution is 2.31. The fourth-order valence-electron chi connectivity index (χ4n) is 3.73. The summed E-state index contributed by atoms with van der Waals surface area (Å²) in [5.74, 6) is -0.554. The molecule has 1 aliphatic heterocycles. The molecule has 1 fully saturated rings. The van der Waals surface area contributed by atoms with Crippen molar-refractivity contribution in [1.29, 1.82) is 0 Å². The summed E-state index contributed by atoms with van der Waals surface area (Å²) >= 11 is 0. The van der Waals surface area contributed by atoms with Crippen molar-refractivity contribution in [1.82, 2.24) is 4.90 Å². The van der Waals surface area contributed by atoms with Crippen LogP contribution in [0.5, 0.6) is 5.75 Å². The Kier molecular flexibility index (Phi) is 9.90. The van der Waals surface area contributed by atoms with Crippen molar-refractivity contribution in [2.45, 2.75) is 96.4 Å². The van der Waals surface area contributed by atoms with Gasteiger partial charge in [0.25, 0.3) is 0 Å². The first-order valence-electron chi connectivity index (χ1n) is 12.2. The second kappa shape index (κ2) is 12.1. The van der Waals surface area contributed by atoms with Crippen LogP contribution in [0.15, 0.2) is 24.3 Å². The Balaban J connectivity index is 2.40. The van der Waals surface area contributed by atoms with E-state index in [0.29, 0.717) is 11.3 Å². The van der Waals surface area contributed by atoms with Gasteiger partial charge in [0.2, 0.25) is 0 Å². The number of rotatable bonds is 7. The van der Waals surface area contributed by atoms with Gasteiger partial charge in [-0.3, -0.25) is 9.69 Å². The first-order chi connectivity index (χ1) is 17.4. The molecule has 0 saturated carbocycles. The molecule has 1 saturated heterocycles. The van der Waals surface area contributed by atoms with Gasteiger partial charge >= 0.3 is 24.4 Å². The van der Waals surface area contributed by atoms with Gasteiger partial charge in [-0.25, -0.2) is 9.59 Å². The Bertz CT molecular complexity index is 967. The second-order valence-electron chi connectivity index (χ2n) is 10.9. The van der Waals surface area contributed by atoms with Crippen molar-refractivity contribution in [3.05, 3.63) is 29.8 Å². The smallest absolute Gasteiger partial charge is 0.497 e. The van der Waals surface area contributed by atoms with Crippen molar-refractivity contribution < 1.29 is 51.2 Å². The Morgan fingerprint density at radius 1 is 0.921 bits per heavy atom. The van der Waals surface area contributed by atoms with Crippen molar-refractivity contribution >= 4 is 18.2 Å². The zero-order valence-corrected chi connectivity index (χ0v) is 22.7. The van der Waals surface area contributed by atoms with E-state index in [9.17, 15) is 27.6 Å². The van der Waals surface area contributed by atoms with Gasteiger partial charge in [-0.15, -0.1) is 0 Å². The topological polar surface area (TPSA) is 101 Å². The number of nitrogens with zero attached hydrogens (tertiary/aromatic N) is 1. The molecule has 214 valence electrons. The van der Waals surface area contributed by atoms with Crippen LogP contribution in [0.25, 0.3) is 0 Å². The van der Waals surface area contributed by atoms with Crippen LogP contribution in [-0.2, 0) is 30.2 Å². The molecule has 1 aromatic rings. The molecule has 1 heterocycles. The number of amides is 1. The molecular formula is C26H36F3NO8. The molecule has 0 aromatic heterocycles. The summed E-state index contributed by atoms with van der Waals surface area (Å²) in [5, 5.41) is 0. The van der Waals surface area contributed by atoms with E-state index >= 15 is 0 Å². The molecule has 1 aromatic carbocycles. The summed E-state index contributed by atoms with van der Waals surface area (Å²) in [5.41, 5.74) is -1.06. The quantitative estimate of drug-likeness (QED) is 0.329. The van der Waals surface area contributed by atoms with Gasteiger partial charge in [0.05, 0.1) is 32.5 Å². The van der Waals surface area contributed by atoms with Crippen molar-refractivity contribution in [2.24, 2.45) is 0 Å². The highest BCUT2D eigenvalue weighted by molar-refractivity contribution is 5.72. The highest BCUT2D eigenvalue weighted by atomic mass is 19.4.